The molecule has 3 aromatic carbocycles. The van der Waals surface area contributed by atoms with Crippen LogP contribution in [0.15, 0.2) is 78.9 Å². The number of carbonyl (C=O) groups excluding carboxylic acids is 3. The second-order valence-electron chi connectivity index (χ2n) is 7.87. The predicted molar refractivity (Wildman–Crippen MR) is 121 cm³/mol. The summed E-state index contributed by atoms with van der Waals surface area (Å²) < 4.78 is 13.4. The van der Waals surface area contributed by atoms with Crippen molar-refractivity contribution in [1.29, 1.82) is 0 Å². The Labute approximate surface area is 194 Å². The predicted octanol–water partition coefficient (Wildman–Crippen LogP) is 4.27. The third-order valence-corrected chi connectivity index (χ3v) is 5.78. The Morgan fingerprint density at radius 3 is 2.38 bits per heavy atom. The molecule has 34 heavy (non-hydrogen) atoms. The Balaban J connectivity index is 1.75. The number of hydrogen-bond acceptors (Lipinski definition) is 5. The van der Waals surface area contributed by atoms with Gasteiger partial charge in [0.2, 0.25) is 5.91 Å². The van der Waals surface area contributed by atoms with Gasteiger partial charge in [-0.25, -0.2) is 9.29 Å². The van der Waals surface area contributed by atoms with E-state index in [0.29, 0.717) is 0 Å². The topological polar surface area (TPSA) is 101 Å². The number of hydrogen-bond donors (Lipinski definition) is 0. The Hall–Kier alpha value is -4.40. The van der Waals surface area contributed by atoms with Crippen molar-refractivity contribution < 1.29 is 23.7 Å². The maximum Gasteiger partial charge on any atom is 0.270 e. The Morgan fingerprint density at radius 2 is 1.74 bits per heavy atom. The van der Waals surface area contributed by atoms with E-state index in [0.717, 1.165) is 28.7 Å². The van der Waals surface area contributed by atoms with Crippen molar-refractivity contribution in [1.82, 2.24) is 4.90 Å². The summed E-state index contributed by atoms with van der Waals surface area (Å²) >= 11 is 0. The lowest BCUT2D eigenvalue weighted by Gasteiger charge is -2.33. The number of nitro groups is 1. The second-order valence-corrected chi connectivity index (χ2v) is 7.87. The van der Waals surface area contributed by atoms with E-state index in [4.69, 9.17) is 0 Å². The minimum atomic E-state index is -1.14. The summed E-state index contributed by atoms with van der Waals surface area (Å²) in [6, 6.07) is 17.4. The molecule has 0 aliphatic carbocycles. The molecule has 3 amide bonds. The zero-order valence-electron chi connectivity index (χ0n) is 18.1. The molecule has 4 rings (SSSR count). The van der Waals surface area contributed by atoms with E-state index in [2.05, 4.69) is 0 Å². The number of imide groups is 1. The largest absolute Gasteiger partial charge is 0.319 e. The maximum atomic E-state index is 13.6. The molecular formula is C25H20FN3O5. The first kappa shape index (κ1) is 22.8. The SMILES string of the molecule is CC(c1ccccc1)N(C(=O)c1cccc([N+](=O)[O-])c1)C1CC(=O)N(c2ccc(F)cc2)C1=O. The number of benzene rings is 3. The molecule has 172 valence electrons. The number of nitrogens with zero attached hydrogens (tertiary/aromatic N) is 3. The fraction of sp³-hybridized carbons (Fsp3) is 0.160. The van der Waals surface area contributed by atoms with Gasteiger partial charge in [0.25, 0.3) is 17.5 Å². The van der Waals surface area contributed by atoms with Crippen LogP contribution in [0.1, 0.15) is 35.3 Å². The van der Waals surface area contributed by atoms with Crippen molar-refractivity contribution >= 4 is 29.1 Å². The van der Waals surface area contributed by atoms with Gasteiger partial charge in [-0.05, 0) is 42.8 Å². The van der Waals surface area contributed by atoms with E-state index in [9.17, 15) is 28.9 Å². The number of non-ortho nitro benzene ring substituents is 1. The maximum absolute atomic E-state index is 13.6. The summed E-state index contributed by atoms with van der Waals surface area (Å²) in [6.45, 7) is 1.73. The lowest BCUT2D eigenvalue weighted by Crippen LogP contribution is -2.46. The second kappa shape index (κ2) is 9.22. The molecule has 1 fully saturated rings. The minimum absolute atomic E-state index is 0.0254. The average Bonchev–Trinajstić information content (AvgIpc) is 3.13. The Kier molecular flexibility index (Phi) is 6.18. The van der Waals surface area contributed by atoms with E-state index in [1.54, 1.807) is 31.2 Å². The molecule has 1 heterocycles. The summed E-state index contributed by atoms with van der Waals surface area (Å²) in [5.74, 6) is -2.29. The summed E-state index contributed by atoms with van der Waals surface area (Å²) in [5.41, 5.74) is 0.688. The fourth-order valence-electron chi connectivity index (χ4n) is 4.08. The average molecular weight is 461 g/mol. The van der Waals surface area contributed by atoms with Crippen LogP contribution in [0.3, 0.4) is 0 Å². The molecule has 0 saturated carbocycles. The van der Waals surface area contributed by atoms with Crippen molar-refractivity contribution in [3.63, 3.8) is 0 Å². The molecule has 1 saturated heterocycles. The molecule has 0 aromatic heterocycles. The van der Waals surface area contributed by atoms with Crippen LogP contribution in [0.4, 0.5) is 15.8 Å². The summed E-state index contributed by atoms with van der Waals surface area (Å²) in [7, 11) is 0. The first-order valence-corrected chi connectivity index (χ1v) is 10.5. The highest BCUT2D eigenvalue weighted by atomic mass is 19.1. The third kappa shape index (κ3) is 4.27. The fourth-order valence-corrected chi connectivity index (χ4v) is 4.08. The van der Waals surface area contributed by atoms with Crippen LogP contribution in [-0.2, 0) is 9.59 Å². The van der Waals surface area contributed by atoms with Crippen molar-refractivity contribution in [3.05, 3.63) is 106 Å². The van der Waals surface area contributed by atoms with Gasteiger partial charge in [0.15, 0.2) is 0 Å². The molecule has 3 aromatic rings. The molecule has 2 atom stereocenters. The number of nitro benzene ring substituents is 1. The molecule has 1 aliphatic heterocycles. The smallest absolute Gasteiger partial charge is 0.270 e. The molecule has 9 heteroatoms. The van der Waals surface area contributed by atoms with Gasteiger partial charge in [0.1, 0.15) is 11.9 Å². The van der Waals surface area contributed by atoms with E-state index in [1.807, 2.05) is 6.07 Å². The molecule has 2 unspecified atom stereocenters. The first-order chi connectivity index (χ1) is 16.3. The Bertz CT molecular complexity index is 1260. The lowest BCUT2D eigenvalue weighted by atomic mass is 10.0. The van der Waals surface area contributed by atoms with Crippen molar-refractivity contribution in [2.24, 2.45) is 0 Å². The van der Waals surface area contributed by atoms with Gasteiger partial charge in [0.05, 0.1) is 23.1 Å². The molecular weight excluding hydrogens is 441 g/mol. The normalized spacial score (nSPS) is 16.4. The number of rotatable bonds is 6. The first-order valence-electron chi connectivity index (χ1n) is 10.5. The standard InChI is InChI=1S/C25H20FN3O5/c1-16(17-6-3-2-4-7-17)27(24(31)18-8-5-9-21(14-18)29(33)34)22-15-23(30)28(25(22)32)20-12-10-19(26)11-13-20/h2-14,16,22H,15H2,1H3. The number of carbonyl (C=O) groups is 3. The molecule has 0 bridgehead atoms. The highest BCUT2D eigenvalue weighted by Crippen LogP contribution is 2.33. The van der Waals surface area contributed by atoms with Gasteiger partial charge in [-0.1, -0.05) is 36.4 Å². The summed E-state index contributed by atoms with van der Waals surface area (Å²) in [6.07, 6.45) is -0.270. The van der Waals surface area contributed by atoms with Crippen molar-refractivity contribution in [2.45, 2.75) is 25.4 Å². The van der Waals surface area contributed by atoms with Crippen molar-refractivity contribution in [2.75, 3.05) is 4.90 Å². The van der Waals surface area contributed by atoms with Gasteiger partial charge in [0, 0.05) is 17.7 Å². The van der Waals surface area contributed by atoms with Gasteiger partial charge in [-0.2, -0.15) is 0 Å². The van der Waals surface area contributed by atoms with E-state index < -0.39 is 40.5 Å². The number of amides is 3. The van der Waals surface area contributed by atoms with Crippen LogP contribution >= 0.6 is 0 Å². The van der Waals surface area contributed by atoms with E-state index in [1.165, 1.54) is 35.2 Å². The lowest BCUT2D eigenvalue weighted by molar-refractivity contribution is -0.384. The minimum Gasteiger partial charge on any atom is -0.319 e. The number of halogens is 1. The van der Waals surface area contributed by atoms with Crippen LogP contribution in [-0.4, -0.2) is 33.6 Å². The zero-order valence-corrected chi connectivity index (χ0v) is 18.1. The molecule has 0 spiro atoms. The van der Waals surface area contributed by atoms with Crippen LogP contribution in [0, 0.1) is 15.9 Å². The third-order valence-electron chi connectivity index (χ3n) is 5.78. The van der Waals surface area contributed by atoms with Gasteiger partial charge in [-0.3, -0.25) is 24.5 Å². The molecule has 0 radical (unpaired) electrons. The van der Waals surface area contributed by atoms with Crippen molar-refractivity contribution in [3.8, 4) is 0 Å². The van der Waals surface area contributed by atoms with E-state index >= 15 is 0 Å². The van der Waals surface area contributed by atoms with Crippen LogP contribution in [0.5, 0.6) is 0 Å². The van der Waals surface area contributed by atoms with E-state index in [-0.39, 0.29) is 23.4 Å². The molecule has 1 aliphatic rings. The van der Waals surface area contributed by atoms with Gasteiger partial charge in [-0.15, -0.1) is 0 Å². The highest BCUT2D eigenvalue weighted by Gasteiger charge is 2.46. The monoisotopic (exact) mass is 461 g/mol. The van der Waals surface area contributed by atoms with Crippen LogP contribution in [0.2, 0.25) is 0 Å². The zero-order chi connectivity index (χ0) is 24.4. The summed E-state index contributed by atoms with van der Waals surface area (Å²) in [5, 5.41) is 11.2. The van der Waals surface area contributed by atoms with Gasteiger partial charge < -0.3 is 4.90 Å². The molecule has 8 nitrogen and oxygen atoms in total. The number of anilines is 1. The van der Waals surface area contributed by atoms with Gasteiger partial charge >= 0.3 is 0 Å². The van der Waals surface area contributed by atoms with Crippen LogP contribution < -0.4 is 4.90 Å². The van der Waals surface area contributed by atoms with Crippen LogP contribution in [0.25, 0.3) is 0 Å². The Morgan fingerprint density at radius 1 is 1.06 bits per heavy atom. The highest BCUT2D eigenvalue weighted by molar-refractivity contribution is 6.23. The quantitative estimate of drug-likeness (QED) is 0.310. The summed E-state index contributed by atoms with van der Waals surface area (Å²) in [4.78, 5) is 52.7. The molecule has 0 N–H and O–H groups in total.